The standard InChI is InChI=1S/C10H15N3OS/c1-14-10-5-9(12-7-13-10)11-6-8-3-2-4-15-8/h5,7-8H,2-4,6H2,1H3,(H,11,12,13). The summed E-state index contributed by atoms with van der Waals surface area (Å²) in [5, 5.41) is 4.04. The van der Waals surface area contributed by atoms with Crippen LogP contribution in [0, 0.1) is 0 Å². The summed E-state index contributed by atoms with van der Waals surface area (Å²) in [6, 6.07) is 1.82. The van der Waals surface area contributed by atoms with Gasteiger partial charge in [0.25, 0.3) is 0 Å². The summed E-state index contributed by atoms with van der Waals surface area (Å²) < 4.78 is 5.03. The smallest absolute Gasteiger partial charge is 0.218 e. The Morgan fingerprint density at radius 3 is 3.27 bits per heavy atom. The number of aromatic nitrogens is 2. The molecule has 2 heterocycles. The second-order valence-corrected chi connectivity index (χ2v) is 4.87. The highest BCUT2D eigenvalue weighted by molar-refractivity contribution is 8.00. The van der Waals surface area contributed by atoms with E-state index in [0.717, 1.165) is 17.6 Å². The highest BCUT2D eigenvalue weighted by Crippen LogP contribution is 2.26. The van der Waals surface area contributed by atoms with Gasteiger partial charge in [0, 0.05) is 17.9 Å². The molecule has 5 heteroatoms. The van der Waals surface area contributed by atoms with Crippen LogP contribution in [0.15, 0.2) is 12.4 Å². The maximum atomic E-state index is 5.03. The zero-order chi connectivity index (χ0) is 10.5. The van der Waals surface area contributed by atoms with Crippen LogP contribution in [0.4, 0.5) is 5.82 Å². The maximum Gasteiger partial charge on any atom is 0.218 e. The molecular weight excluding hydrogens is 210 g/mol. The molecule has 1 fully saturated rings. The molecule has 0 aliphatic carbocycles. The van der Waals surface area contributed by atoms with E-state index < -0.39 is 0 Å². The molecule has 1 saturated heterocycles. The normalized spacial score (nSPS) is 20.2. The van der Waals surface area contributed by atoms with Crippen LogP contribution in [0.5, 0.6) is 5.88 Å². The first kappa shape index (κ1) is 10.5. The molecule has 1 atom stereocenters. The Hall–Kier alpha value is -0.970. The lowest BCUT2D eigenvalue weighted by Gasteiger charge is -2.10. The molecular formula is C10H15N3OS. The average molecular weight is 225 g/mol. The first-order valence-corrected chi connectivity index (χ1v) is 6.15. The summed E-state index contributed by atoms with van der Waals surface area (Å²) in [6.07, 6.45) is 4.16. The van der Waals surface area contributed by atoms with E-state index in [9.17, 15) is 0 Å². The van der Waals surface area contributed by atoms with Crippen LogP contribution in [-0.4, -0.2) is 34.6 Å². The molecule has 1 aromatic rings. The van der Waals surface area contributed by atoms with Crippen LogP contribution < -0.4 is 10.1 Å². The zero-order valence-corrected chi connectivity index (χ0v) is 9.59. The molecule has 1 aromatic heterocycles. The van der Waals surface area contributed by atoms with Gasteiger partial charge in [0.1, 0.15) is 12.1 Å². The third kappa shape index (κ3) is 2.99. The molecule has 15 heavy (non-hydrogen) atoms. The lowest BCUT2D eigenvalue weighted by atomic mass is 10.2. The Kier molecular flexibility index (Phi) is 3.66. The third-order valence-electron chi connectivity index (χ3n) is 2.39. The van der Waals surface area contributed by atoms with Gasteiger partial charge in [0.05, 0.1) is 7.11 Å². The number of nitrogens with one attached hydrogen (secondary N) is 1. The molecule has 0 aromatic carbocycles. The van der Waals surface area contributed by atoms with Crippen molar-refractivity contribution in [2.24, 2.45) is 0 Å². The Balaban J connectivity index is 1.86. The van der Waals surface area contributed by atoms with E-state index in [-0.39, 0.29) is 0 Å². The van der Waals surface area contributed by atoms with Crippen molar-refractivity contribution >= 4 is 17.6 Å². The second kappa shape index (κ2) is 5.21. The van der Waals surface area contributed by atoms with Crippen molar-refractivity contribution in [3.8, 4) is 5.88 Å². The van der Waals surface area contributed by atoms with E-state index >= 15 is 0 Å². The summed E-state index contributed by atoms with van der Waals surface area (Å²) in [5.74, 6) is 2.74. The predicted molar refractivity (Wildman–Crippen MR) is 62.6 cm³/mol. The Morgan fingerprint density at radius 1 is 1.60 bits per heavy atom. The zero-order valence-electron chi connectivity index (χ0n) is 8.77. The van der Waals surface area contributed by atoms with Gasteiger partial charge in [0.2, 0.25) is 5.88 Å². The number of anilines is 1. The monoisotopic (exact) mass is 225 g/mol. The quantitative estimate of drug-likeness (QED) is 0.846. The fourth-order valence-electron chi connectivity index (χ4n) is 1.57. The van der Waals surface area contributed by atoms with Crippen LogP contribution in [0.25, 0.3) is 0 Å². The minimum absolute atomic E-state index is 0.603. The lowest BCUT2D eigenvalue weighted by molar-refractivity contribution is 0.397. The SMILES string of the molecule is COc1cc(NCC2CCCS2)ncn1. The van der Waals surface area contributed by atoms with Crippen molar-refractivity contribution in [1.29, 1.82) is 0 Å². The van der Waals surface area contributed by atoms with E-state index in [2.05, 4.69) is 15.3 Å². The van der Waals surface area contributed by atoms with Crippen molar-refractivity contribution in [1.82, 2.24) is 9.97 Å². The first-order chi connectivity index (χ1) is 7.38. The summed E-state index contributed by atoms with van der Waals surface area (Å²) in [5.41, 5.74) is 0. The number of ether oxygens (including phenoxy) is 1. The molecule has 2 rings (SSSR count). The van der Waals surface area contributed by atoms with Crippen LogP contribution in [0.3, 0.4) is 0 Å². The molecule has 1 aliphatic rings. The van der Waals surface area contributed by atoms with Gasteiger partial charge in [-0.2, -0.15) is 11.8 Å². The van der Waals surface area contributed by atoms with Gasteiger partial charge in [-0.05, 0) is 18.6 Å². The molecule has 0 bridgehead atoms. The molecule has 0 spiro atoms. The van der Waals surface area contributed by atoms with Gasteiger partial charge < -0.3 is 10.1 Å². The Morgan fingerprint density at radius 2 is 2.53 bits per heavy atom. The first-order valence-electron chi connectivity index (χ1n) is 5.10. The Labute approximate surface area is 93.8 Å². The molecule has 0 saturated carbocycles. The van der Waals surface area contributed by atoms with Crippen molar-refractivity contribution in [3.05, 3.63) is 12.4 Å². The van der Waals surface area contributed by atoms with Crippen LogP contribution >= 0.6 is 11.8 Å². The van der Waals surface area contributed by atoms with Gasteiger partial charge in [-0.25, -0.2) is 9.97 Å². The van der Waals surface area contributed by atoms with Crippen LogP contribution in [0.2, 0.25) is 0 Å². The molecule has 1 unspecified atom stereocenters. The van der Waals surface area contributed by atoms with Crippen molar-refractivity contribution in [2.45, 2.75) is 18.1 Å². The topological polar surface area (TPSA) is 47.0 Å². The maximum absolute atomic E-state index is 5.03. The van der Waals surface area contributed by atoms with E-state index in [1.54, 1.807) is 7.11 Å². The van der Waals surface area contributed by atoms with E-state index in [1.165, 1.54) is 24.9 Å². The summed E-state index contributed by atoms with van der Waals surface area (Å²) in [4.78, 5) is 8.10. The minimum Gasteiger partial charge on any atom is -0.481 e. The van der Waals surface area contributed by atoms with E-state index in [1.807, 2.05) is 17.8 Å². The molecule has 0 amide bonds. The lowest BCUT2D eigenvalue weighted by Crippen LogP contribution is -2.14. The number of nitrogens with zero attached hydrogens (tertiary/aromatic N) is 2. The highest BCUT2D eigenvalue weighted by Gasteiger charge is 2.15. The number of thioether (sulfide) groups is 1. The third-order valence-corrected chi connectivity index (χ3v) is 3.78. The van der Waals surface area contributed by atoms with Crippen LogP contribution in [-0.2, 0) is 0 Å². The van der Waals surface area contributed by atoms with Gasteiger partial charge in [-0.3, -0.25) is 0 Å². The summed E-state index contributed by atoms with van der Waals surface area (Å²) in [6.45, 7) is 0.977. The van der Waals surface area contributed by atoms with Crippen molar-refractivity contribution in [2.75, 3.05) is 24.7 Å². The van der Waals surface area contributed by atoms with Gasteiger partial charge in [-0.1, -0.05) is 0 Å². The fraction of sp³-hybridized carbons (Fsp3) is 0.600. The summed E-state index contributed by atoms with van der Waals surface area (Å²) >= 11 is 2.03. The molecule has 1 N–H and O–H groups in total. The molecule has 1 aliphatic heterocycles. The molecule has 0 radical (unpaired) electrons. The van der Waals surface area contributed by atoms with Gasteiger partial charge in [0.15, 0.2) is 0 Å². The fourth-order valence-corrected chi connectivity index (χ4v) is 2.77. The van der Waals surface area contributed by atoms with Gasteiger partial charge >= 0.3 is 0 Å². The van der Waals surface area contributed by atoms with Crippen molar-refractivity contribution < 1.29 is 4.74 Å². The second-order valence-electron chi connectivity index (χ2n) is 3.46. The number of hydrogen-bond acceptors (Lipinski definition) is 5. The van der Waals surface area contributed by atoms with E-state index in [0.29, 0.717) is 5.88 Å². The largest absolute Gasteiger partial charge is 0.481 e. The highest BCUT2D eigenvalue weighted by atomic mass is 32.2. The average Bonchev–Trinajstić information content (AvgIpc) is 2.79. The Bertz CT molecular complexity index is 315. The minimum atomic E-state index is 0.603. The van der Waals surface area contributed by atoms with Crippen molar-refractivity contribution in [3.63, 3.8) is 0 Å². The number of rotatable bonds is 4. The summed E-state index contributed by atoms with van der Waals surface area (Å²) in [7, 11) is 1.61. The number of hydrogen-bond donors (Lipinski definition) is 1. The predicted octanol–water partition coefficient (Wildman–Crippen LogP) is 1.79. The van der Waals surface area contributed by atoms with E-state index in [4.69, 9.17) is 4.74 Å². The molecule has 4 nitrogen and oxygen atoms in total. The number of methoxy groups -OCH3 is 1. The molecule has 82 valence electrons. The van der Waals surface area contributed by atoms with Crippen LogP contribution in [0.1, 0.15) is 12.8 Å². The van der Waals surface area contributed by atoms with Gasteiger partial charge in [-0.15, -0.1) is 0 Å².